The monoisotopic (exact) mass is 446 g/mol. The fourth-order valence-electron chi connectivity index (χ4n) is 3.02. The number of imide groups is 1. The average Bonchev–Trinajstić information content (AvgIpc) is 3.23. The normalized spacial score (nSPS) is 10.7. The molecule has 1 aromatic heterocycles. The molecule has 0 fully saturated rings. The number of carbonyl (C=O) groups excluding carboxylic acids is 3. The van der Waals surface area contributed by atoms with E-state index in [0.717, 1.165) is 28.8 Å². The molecule has 0 aliphatic carbocycles. The van der Waals surface area contributed by atoms with Crippen molar-refractivity contribution >= 4 is 24.0 Å². The van der Waals surface area contributed by atoms with Crippen molar-refractivity contribution in [3.63, 3.8) is 0 Å². The minimum absolute atomic E-state index is 0.448. The van der Waals surface area contributed by atoms with Crippen LogP contribution in [-0.4, -0.2) is 40.8 Å². The third-order valence-corrected chi connectivity index (χ3v) is 4.56. The van der Waals surface area contributed by atoms with Gasteiger partial charge in [0.1, 0.15) is 0 Å². The number of hydrogen-bond donors (Lipinski definition) is 2. The summed E-state index contributed by atoms with van der Waals surface area (Å²) in [6.45, 7) is 2.37. The summed E-state index contributed by atoms with van der Waals surface area (Å²) in [6, 6.07) is 19.0. The molecule has 3 rings (SSSR count). The van der Waals surface area contributed by atoms with E-state index in [1.54, 1.807) is 6.08 Å². The minimum Gasteiger partial charge on any atom is -0.452 e. The maximum Gasteiger partial charge on any atom is 0.331 e. The quantitative estimate of drug-likeness (QED) is 0.387. The molecule has 8 nitrogen and oxygen atoms in total. The molecule has 2 N–H and O–H groups in total. The molecule has 0 unspecified atom stereocenters. The van der Waals surface area contributed by atoms with Crippen molar-refractivity contribution < 1.29 is 19.1 Å². The molecule has 1 heterocycles. The van der Waals surface area contributed by atoms with Gasteiger partial charge in [-0.05, 0) is 18.1 Å². The van der Waals surface area contributed by atoms with Crippen molar-refractivity contribution in [1.29, 1.82) is 0 Å². The zero-order chi connectivity index (χ0) is 23.5. The largest absolute Gasteiger partial charge is 0.452 e. The number of esters is 1. The van der Waals surface area contributed by atoms with Crippen molar-refractivity contribution in [1.82, 2.24) is 20.4 Å². The van der Waals surface area contributed by atoms with Crippen LogP contribution in [0, 0.1) is 0 Å². The highest BCUT2D eigenvalue weighted by atomic mass is 16.5. The number of ether oxygens (including phenoxy) is 1. The molecule has 0 aliphatic rings. The smallest absolute Gasteiger partial charge is 0.331 e. The second-order valence-electron chi connectivity index (χ2n) is 7.23. The first-order valence-corrected chi connectivity index (χ1v) is 10.6. The van der Waals surface area contributed by atoms with E-state index in [-0.39, 0.29) is 0 Å². The highest BCUT2D eigenvalue weighted by molar-refractivity contribution is 5.96. The molecule has 0 saturated carbocycles. The molecule has 0 spiro atoms. The van der Waals surface area contributed by atoms with Crippen molar-refractivity contribution in [2.45, 2.75) is 19.9 Å². The van der Waals surface area contributed by atoms with Gasteiger partial charge >= 0.3 is 12.0 Å². The van der Waals surface area contributed by atoms with E-state index in [4.69, 9.17) is 4.74 Å². The first-order valence-electron chi connectivity index (χ1n) is 10.6. The fourth-order valence-corrected chi connectivity index (χ4v) is 3.02. The van der Waals surface area contributed by atoms with E-state index in [1.807, 2.05) is 78.5 Å². The van der Waals surface area contributed by atoms with Gasteiger partial charge in [0, 0.05) is 29.9 Å². The van der Waals surface area contributed by atoms with Crippen molar-refractivity contribution in [3.8, 4) is 11.3 Å². The van der Waals surface area contributed by atoms with Crippen LogP contribution in [0.2, 0.25) is 0 Å². The molecule has 0 saturated heterocycles. The van der Waals surface area contributed by atoms with Crippen LogP contribution in [0.5, 0.6) is 0 Å². The summed E-state index contributed by atoms with van der Waals surface area (Å²) in [7, 11) is 0. The number of rotatable bonds is 9. The second-order valence-corrected chi connectivity index (χ2v) is 7.23. The van der Waals surface area contributed by atoms with Crippen LogP contribution < -0.4 is 10.6 Å². The Balaban J connectivity index is 1.66. The Hall–Kier alpha value is -4.20. The Kier molecular flexibility index (Phi) is 8.53. The SMILES string of the molecule is CCCNC(=O)NC(=O)COC(=O)/C=C/c1cn(Cc2ccccc2)nc1-c1ccccc1. The van der Waals surface area contributed by atoms with Gasteiger partial charge in [-0.25, -0.2) is 9.59 Å². The zero-order valence-electron chi connectivity index (χ0n) is 18.4. The molecule has 33 heavy (non-hydrogen) atoms. The number of hydrogen-bond acceptors (Lipinski definition) is 5. The highest BCUT2D eigenvalue weighted by Crippen LogP contribution is 2.23. The lowest BCUT2D eigenvalue weighted by Crippen LogP contribution is -2.41. The Morgan fingerprint density at radius 1 is 1.03 bits per heavy atom. The Bertz CT molecular complexity index is 1110. The molecule has 0 bridgehead atoms. The summed E-state index contributed by atoms with van der Waals surface area (Å²) < 4.78 is 6.74. The van der Waals surface area contributed by atoms with Crippen LogP contribution in [0.15, 0.2) is 72.9 Å². The summed E-state index contributed by atoms with van der Waals surface area (Å²) in [5.41, 5.74) is 3.47. The first kappa shape index (κ1) is 23.5. The number of aromatic nitrogens is 2. The van der Waals surface area contributed by atoms with E-state index in [9.17, 15) is 14.4 Å². The minimum atomic E-state index is -0.703. The average molecular weight is 447 g/mol. The maximum atomic E-state index is 12.1. The summed E-state index contributed by atoms with van der Waals surface area (Å²) in [6.07, 6.45) is 5.43. The molecule has 3 aromatic rings. The van der Waals surface area contributed by atoms with E-state index in [2.05, 4.69) is 15.7 Å². The third-order valence-electron chi connectivity index (χ3n) is 4.56. The Morgan fingerprint density at radius 3 is 2.42 bits per heavy atom. The number of benzene rings is 2. The standard InChI is InChI=1S/C25H26N4O4/c1-2-15-26-25(32)27-22(30)18-33-23(31)14-13-21-17-29(16-19-9-5-3-6-10-19)28-24(21)20-11-7-4-8-12-20/h3-14,17H,2,15-16,18H2,1H3,(H2,26,27,30,32)/b14-13+. The van der Waals surface area contributed by atoms with Crippen LogP contribution >= 0.6 is 0 Å². The summed E-state index contributed by atoms with van der Waals surface area (Å²) in [4.78, 5) is 35.3. The number of urea groups is 1. The van der Waals surface area contributed by atoms with Crippen LogP contribution in [0.4, 0.5) is 4.79 Å². The molecule has 170 valence electrons. The summed E-state index contributed by atoms with van der Waals surface area (Å²) in [5.74, 6) is -1.40. The van der Waals surface area contributed by atoms with Crippen molar-refractivity contribution in [3.05, 3.63) is 84.1 Å². The predicted octanol–water partition coefficient (Wildman–Crippen LogP) is 3.39. The van der Waals surface area contributed by atoms with E-state index in [0.29, 0.717) is 13.1 Å². The Morgan fingerprint density at radius 2 is 1.73 bits per heavy atom. The summed E-state index contributed by atoms with van der Waals surface area (Å²) in [5, 5.41) is 9.29. The lowest BCUT2D eigenvalue weighted by molar-refractivity contribution is -0.143. The molecule has 8 heteroatoms. The van der Waals surface area contributed by atoms with Gasteiger partial charge < -0.3 is 10.1 Å². The van der Waals surface area contributed by atoms with Crippen LogP contribution in [0.1, 0.15) is 24.5 Å². The Labute approximate surface area is 192 Å². The van der Waals surface area contributed by atoms with Gasteiger partial charge in [-0.15, -0.1) is 0 Å². The van der Waals surface area contributed by atoms with Crippen LogP contribution in [0.3, 0.4) is 0 Å². The van der Waals surface area contributed by atoms with E-state index in [1.165, 1.54) is 6.08 Å². The predicted molar refractivity (Wildman–Crippen MR) is 125 cm³/mol. The molecular formula is C25H26N4O4. The van der Waals surface area contributed by atoms with Gasteiger partial charge in [-0.3, -0.25) is 14.8 Å². The van der Waals surface area contributed by atoms with Crippen molar-refractivity contribution in [2.75, 3.05) is 13.2 Å². The first-order chi connectivity index (χ1) is 16.0. The number of amides is 3. The molecule has 3 amide bonds. The molecular weight excluding hydrogens is 420 g/mol. The number of nitrogens with zero attached hydrogens (tertiary/aromatic N) is 2. The highest BCUT2D eigenvalue weighted by Gasteiger charge is 2.12. The number of carbonyl (C=O) groups is 3. The lowest BCUT2D eigenvalue weighted by atomic mass is 10.1. The topological polar surface area (TPSA) is 102 Å². The molecule has 0 aliphatic heterocycles. The molecule has 2 aromatic carbocycles. The van der Waals surface area contributed by atoms with Gasteiger partial charge in [0.25, 0.3) is 5.91 Å². The number of nitrogens with one attached hydrogen (secondary N) is 2. The van der Waals surface area contributed by atoms with Crippen molar-refractivity contribution in [2.24, 2.45) is 0 Å². The molecule has 0 atom stereocenters. The van der Waals surface area contributed by atoms with Gasteiger partial charge in [-0.2, -0.15) is 5.10 Å². The van der Waals surface area contributed by atoms with E-state index >= 15 is 0 Å². The van der Waals surface area contributed by atoms with Gasteiger partial charge in [-0.1, -0.05) is 67.6 Å². The van der Waals surface area contributed by atoms with Crippen LogP contribution in [-0.2, 0) is 20.9 Å². The zero-order valence-corrected chi connectivity index (χ0v) is 18.4. The van der Waals surface area contributed by atoms with Gasteiger partial charge in [0.05, 0.1) is 12.2 Å². The van der Waals surface area contributed by atoms with Gasteiger partial charge in [0.2, 0.25) is 0 Å². The fraction of sp³-hybridized carbons (Fsp3) is 0.200. The molecule has 0 radical (unpaired) electrons. The summed E-state index contributed by atoms with van der Waals surface area (Å²) >= 11 is 0. The lowest BCUT2D eigenvalue weighted by Gasteiger charge is -2.05. The second kappa shape index (κ2) is 12.0. The van der Waals surface area contributed by atoms with Crippen LogP contribution in [0.25, 0.3) is 17.3 Å². The third kappa shape index (κ3) is 7.46. The van der Waals surface area contributed by atoms with E-state index < -0.39 is 24.5 Å². The van der Waals surface area contributed by atoms with Gasteiger partial charge in [0.15, 0.2) is 6.61 Å². The maximum absolute atomic E-state index is 12.1.